The SMILES string of the molecule is CCCC(CNCC)Oc1cc(Br)ccc1F. The minimum absolute atomic E-state index is 0.0174. The zero-order valence-corrected chi connectivity index (χ0v) is 11.9. The van der Waals surface area contributed by atoms with E-state index in [9.17, 15) is 4.39 Å². The second-order valence-corrected chi connectivity index (χ2v) is 4.83. The van der Waals surface area contributed by atoms with Gasteiger partial charge in [-0.1, -0.05) is 36.2 Å². The van der Waals surface area contributed by atoms with E-state index >= 15 is 0 Å². The first-order valence-corrected chi connectivity index (χ1v) is 6.79. The van der Waals surface area contributed by atoms with Crippen LogP contribution >= 0.6 is 15.9 Å². The molecule has 0 heterocycles. The molecule has 1 aromatic carbocycles. The Morgan fingerprint density at radius 3 is 2.82 bits per heavy atom. The van der Waals surface area contributed by atoms with Gasteiger partial charge >= 0.3 is 0 Å². The largest absolute Gasteiger partial charge is 0.486 e. The Balaban J connectivity index is 2.67. The van der Waals surface area contributed by atoms with Gasteiger partial charge in [-0.25, -0.2) is 4.39 Å². The fraction of sp³-hybridized carbons (Fsp3) is 0.538. The zero-order chi connectivity index (χ0) is 12.7. The van der Waals surface area contributed by atoms with E-state index in [-0.39, 0.29) is 11.9 Å². The molecular formula is C13H19BrFNO. The average molecular weight is 304 g/mol. The molecular weight excluding hydrogens is 285 g/mol. The summed E-state index contributed by atoms with van der Waals surface area (Å²) in [5, 5.41) is 3.23. The van der Waals surface area contributed by atoms with E-state index in [2.05, 4.69) is 28.2 Å². The lowest BCUT2D eigenvalue weighted by atomic mass is 10.2. The molecule has 1 aromatic rings. The fourth-order valence-electron chi connectivity index (χ4n) is 1.58. The van der Waals surface area contributed by atoms with Gasteiger partial charge in [0.25, 0.3) is 0 Å². The predicted molar refractivity (Wildman–Crippen MR) is 72.0 cm³/mol. The molecule has 0 aliphatic rings. The first-order chi connectivity index (χ1) is 8.17. The van der Waals surface area contributed by atoms with Crippen molar-refractivity contribution in [2.24, 2.45) is 0 Å². The van der Waals surface area contributed by atoms with Crippen molar-refractivity contribution in [2.45, 2.75) is 32.8 Å². The van der Waals surface area contributed by atoms with Crippen LogP contribution in [0.4, 0.5) is 4.39 Å². The number of benzene rings is 1. The standard InChI is InChI=1S/C13H19BrFNO/c1-3-5-11(9-16-4-2)17-13-8-10(14)6-7-12(13)15/h6-8,11,16H,3-5,9H2,1-2H3. The summed E-state index contributed by atoms with van der Waals surface area (Å²) in [6, 6.07) is 4.75. The fourth-order valence-corrected chi connectivity index (χ4v) is 1.92. The smallest absolute Gasteiger partial charge is 0.165 e. The van der Waals surface area contributed by atoms with Gasteiger partial charge in [0.1, 0.15) is 6.10 Å². The van der Waals surface area contributed by atoms with E-state index < -0.39 is 0 Å². The van der Waals surface area contributed by atoms with Gasteiger partial charge in [-0.3, -0.25) is 0 Å². The third kappa shape index (κ3) is 5.04. The molecule has 17 heavy (non-hydrogen) atoms. The molecule has 0 aliphatic carbocycles. The van der Waals surface area contributed by atoms with E-state index in [1.807, 2.05) is 6.92 Å². The molecule has 96 valence electrons. The molecule has 0 spiro atoms. The Morgan fingerprint density at radius 2 is 2.18 bits per heavy atom. The Hall–Kier alpha value is -0.610. The number of rotatable bonds is 7. The van der Waals surface area contributed by atoms with E-state index in [1.165, 1.54) is 6.07 Å². The molecule has 0 aliphatic heterocycles. The van der Waals surface area contributed by atoms with Crippen molar-refractivity contribution >= 4 is 15.9 Å². The van der Waals surface area contributed by atoms with Crippen molar-refractivity contribution < 1.29 is 9.13 Å². The Bertz CT molecular complexity index is 346. The number of likely N-dealkylation sites (N-methyl/N-ethyl adjacent to an activating group) is 1. The summed E-state index contributed by atoms with van der Waals surface area (Å²) in [7, 11) is 0. The molecule has 0 radical (unpaired) electrons. The van der Waals surface area contributed by atoms with Crippen LogP contribution in [0, 0.1) is 5.82 Å². The van der Waals surface area contributed by atoms with Crippen LogP contribution in [0.15, 0.2) is 22.7 Å². The van der Waals surface area contributed by atoms with Crippen molar-refractivity contribution in [3.63, 3.8) is 0 Å². The first-order valence-electron chi connectivity index (χ1n) is 5.99. The van der Waals surface area contributed by atoms with Crippen molar-refractivity contribution in [3.8, 4) is 5.75 Å². The zero-order valence-electron chi connectivity index (χ0n) is 10.3. The molecule has 0 saturated carbocycles. The van der Waals surface area contributed by atoms with Crippen molar-refractivity contribution in [1.82, 2.24) is 5.32 Å². The van der Waals surface area contributed by atoms with Crippen LogP contribution < -0.4 is 10.1 Å². The molecule has 0 saturated heterocycles. The highest BCUT2D eigenvalue weighted by Crippen LogP contribution is 2.23. The number of hydrogen-bond acceptors (Lipinski definition) is 2. The van der Waals surface area contributed by atoms with E-state index in [4.69, 9.17) is 4.74 Å². The topological polar surface area (TPSA) is 21.3 Å². The maximum absolute atomic E-state index is 13.5. The molecule has 0 bridgehead atoms. The Labute approximate surface area is 111 Å². The highest BCUT2D eigenvalue weighted by molar-refractivity contribution is 9.10. The van der Waals surface area contributed by atoms with E-state index in [0.29, 0.717) is 5.75 Å². The summed E-state index contributed by atoms with van der Waals surface area (Å²) in [5.74, 6) is 0.00142. The van der Waals surface area contributed by atoms with Gasteiger partial charge in [0.2, 0.25) is 0 Å². The summed E-state index contributed by atoms with van der Waals surface area (Å²) < 4.78 is 20.1. The monoisotopic (exact) mass is 303 g/mol. The first kappa shape index (κ1) is 14.5. The molecule has 4 heteroatoms. The third-order valence-electron chi connectivity index (χ3n) is 2.42. The number of halogens is 2. The van der Waals surface area contributed by atoms with E-state index in [1.54, 1.807) is 12.1 Å². The summed E-state index contributed by atoms with van der Waals surface area (Å²) in [6.45, 7) is 5.78. The molecule has 2 nitrogen and oxygen atoms in total. The lowest BCUT2D eigenvalue weighted by molar-refractivity contribution is 0.179. The third-order valence-corrected chi connectivity index (χ3v) is 2.91. The van der Waals surface area contributed by atoms with Crippen LogP contribution in [0.2, 0.25) is 0 Å². The van der Waals surface area contributed by atoms with Gasteiger partial charge < -0.3 is 10.1 Å². The minimum atomic E-state index is -0.314. The van der Waals surface area contributed by atoms with Crippen molar-refractivity contribution in [3.05, 3.63) is 28.5 Å². The quantitative estimate of drug-likeness (QED) is 0.828. The summed E-state index contributed by atoms with van der Waals surface area (Å²) in [4.78, 5) is 0. The second kappa shape index (κ2) is 7.67. The van der Waals surface area contributed by atoms with Gasteiger partial charge in [-0.2, -0.15) is 0 Å². The van der Waals surface area contributed by atoms with Crippen molar-refractivity contribution in [2.75, 3.05) is 13.1 Å². The van der Waals surface area contributed by atoms with Gasteiger partial charge in [0.15, 0.2) is 11.6 Å². The predicted octanol–water partition coefficient (Wildman–Crippen LogP) is 3.75. The summed E-state index contributed by atoms with van der Waals surface area (Å²) >= 11 is 3.32. The maximum Gasteiger partial charge on any atom is 0.165 e. The molecule has 1 atom stereocenters. The summed E-state index contributed by atoms with van der Waals surface area (Å²) in [6.07, 6.45) is 1.95. The van der Waals surface area contributed by atoms with Crippen LogP contribution in [0.5, 0.6) is 5.75 Å². The molecule has 0 amide bonds. The van der Waals surface area contributed by atoms with Crippen molar-refractivity contribution in [1.29, 1.82) is 0 Å². The molecule has 1 N–H and O–H groups in total. The second-order valence-electron chi connectivity index (χ2n) is 3.91. The van der Waals surface area contributed by atoms with Gasteiger partial charge in [0.05, 0.1) is 0 Å². The average Bonchev–Trinajstić information content (AvgIpc) is 2.31. The Morgan fingerprint density at radius 1 is 1.41 bits per heavy atom. The molecule has 1 unspecified atom stereocenters. The van der Waals surface area contributed by atoms with Crippen LogP contribution in [0.3, 0.4) is 0 Å². The molecule has 1 rings (SSSR count). The lowest BCUT2D eigenvalue weighted by Gasteiger charge is -2.19. The summed E-state index contributed by atoms with van der Waals surface area (Å²) in [5.41, 5.74) is 0. The van der Waals surface area contributed by atoms with Gasteiger partial charge in [-0.05, 0) is 31.2 Å². The van der Waals surface area contributed by atoms with Crippen LogP contribution in [-0.2, 0) is 0 Å². The lowest BCUT2D eigenvalue weighted by Crippen LogP contribution is -2.31. The normalized spacial score (nSPS) is 12.5. The Kier molecular flexibility index (Phi) is 6.52. The minimum Gasteiger partial charge on any atom is -0.486 e. The molecule has 0 fully saturated rings. The highest BCUT2D eigenvalue weighted by atomic mass is 79.9. The van der Waals surface area contributed by atoms with Gasteiger partial charge in [-0.15, -0.1) is 0 Å². The number of hydrogen-bond donors (Lipinski definition) is 1. The molecule has 0 aromatic heterocycles. The van der Waals surface area contributed by atoms with Crippen LogP contribution in [0.25, 0.3) is 0 Å². The highest BCUT2D eigenvalue weighted by Gasteiger charge is 2.12. The number of ether oxygens (including phenoxy) is 1. The maximum atomic E-state index is 13.5. The van der Waals surface area contributed by atoms with Gasteiger partial charge in [0, 0.05) is 11.0 Å². The van der Waals surface area contributed by atoms with Crippen LogP contribution in [-0.4, -0.2) is 19.2 Å². The van der Waals surface area contributed by atoms with Crippen LogP contribution in [0.1, 0.15) is 26.7 Å². The number of nitrogens with one attached hydrogen (secondary N) is 1. The van der Waals surface area contributed by atoms with E-state index in [0.717, 1.165) is 30.4 Å².